The van der Waals surface area contributed by atoms with E-state index < -0.39 is 0 Å². The Bertz CT molecular complexity index is 501. The van der Waals surface area contributed by atoms with Gasteiger partial charge in [0.15, 0.2) is 0 Å². The summed E-state index contributed by atoms with van der Waals surface area (Å²) >= 11 is 0. The fourth-order valence-electron chi connectivity index (χ4n) is 2.61. The van der Waals surface area contributed by atoms with Gasteiger partial charge in [0.05, 0.1) is 24.6 Å². The normalized spacial score (nSPS) is 22.8. The van der Waals surface area contributed by atoms with Crippen LogP contribution in [-0.2, 0) is 11.3 Å². The highest BCUT2D eigenvalue weighted by Gasteiger charge is 2.25. The number of nitrogen functional groups attached to an aromatic ring is 1. The molecule has 18 heavy (non-hydrogen) atoms. The molecule has 5 heteroatoms. The van der Waals surface area contributed by atoms with E-state index in [9.17, 15) is 4.79 Å². The SMILES string of the molecule is CC1COCCN1c1cc2c(cc1N)C(=O)NC2. The Morgan fingerprint density at radius 3 is 3.11 bits per heavy atom. The van der Waals surface area contributed by atoms with Crippen LogP contribution in [0.4, 0.5) is 11.4 Å². The highest BCUT2D eigenvalue weighted by molar-refractivity contribution is 6.00. The Morgan fingerprint density at radius 1 is 1.50 bits per heavy atom. The zero-order valence-corrected chi connectivity index (χ0v) is 10.4. The molecular weight excluding hydrogens is 230 g/mol. The third-order valence-electron chi connectivity index (χ3n) is 3.61. The summed E-state index contributed by atoms with van der Waals surface area (Å²) in [5, 5.41) is 2.82. The van der Waals surface area contributed by atoms with Crippen LogP contribution in [0.1, 0.15) is 22.8 Å². The first-order valence-corrected chi connectivity index (χ1v) is 6.22. The molecule has 1 atom stereocenters. The molecule has 0 aromatic heterocycles. The summed E-state index contributed by atoms with van der Waals surface area (Å²) in [6.45, 7) is 4.99. The molecule has 1 fully saturated rings. The molecular formula is C13H17N3O2. The number of nitrogens with zero attached hydrogens (tertiary/aromatic N) is 1. The number of nitrogens with two attached hydrogens (primary N) is 1. The van der Waals surface area contributed by atoms with Gasteiger partial charge in [0.1, 0.15) is 0 Å². The smallest absolute Gasteiger partial charge is 0.251 e. The van der Waals surface area contributed by atoms with Gasteiger partial charge in [-0.15, -0.1) is 0 Å². The van der Waals surface area contributed by atoms with Crippen molar-refractivity contribution in [3.8, 4) is 0 Å². The molecule has 1 aromatic carbocycles. The van der Waals surface area contributed by atoms with Crippen molar-refractivity contribution in [3.05, 3.63) is 23.3 Å². The Hall–Kier alpha value is -1.75. The van der Waals surface area contributed by atoms with Crippen molar-refractivity contribution in [1.29, 1.82) is 0 Å². The highest BCUT2D eigenvalue weighted by atomic mass is 16.5. The molecule has 1 saturated heterocycles. The molecule has 3 rings (SSSR count). The molecule has 3 N–H and O–H groups in total. The average Bonchev–Trinajstić information content (AvgIpc) is 2.71. The van der Waals surface area contributed by atoms with Gasteiger partial charge in [0, 0.05) is 24.7 Å². The van der Waals surface area contributed by atoms with Crippen molar-refractivity contribution in [2.75, 3.05) is 30.4 Å². The minimum Gasteiger partial charge on any atom is -0.397 e. The quantitative estimate of drug-likeness (QED) is 0.718. The molecule has 0 radical (unpaired) electrons. The lowest BCUT2D eigenvalue weighted by molar-refractivity contribution is 0.0965. The predicted octanol–water partition coefficient (Wildman–Crippen LogP) is 0.737. The van der Waals surface area contributed by atoms with Crippen molar-refractivity contribution in [2.45, 2.75) is 19.5 Å². The van der Waals surface area contributed by atoms with E-state index in [1.165, 1.54) is 0 Å². The van der Waals surface area contributed by atoms with Crippen LogP contribution in [-0.4, -0.2) is 31.7 Å². The standard InChI is InChI=1S/C13H17N3O2/c1-8-7-18-3-2-16(8)12-4-9-6-15-13(17)10(9)5-11(12)14/h4-5,8H,2-3,6-7,14H2,1H3,(H,15,17). The minimum absolute atomic E-state index is 0.0294. The molecule has 0 saturated carbocycles. The Labute approximate surface area is 106 Å². The van der Waals surface area contributed by atoms with Gasteiger partial charge in [0.25, 0.3) is 5.91 Å². The maximum absolute atomic E-state index is 11.6. The van der Waals surface area contributed by atoms with Crippen molar-refractivity contribution in [2.24, 2.45) is 0 Å². The number of carbonyl (C=O) groups is 1. The van der Waals surface area contributed by atoms with Crippen molar-refractivity contribution < 1.29 is 9.53 Å². The third-order valence-corrected chi connectivity index (χ3v) is 3.61. The van der Waals surface area contributed by atoms with Gasteiger partial charge in [-0.2, -0.15) is 0 Å². The van der Waals surface area contributed by atoms with Gasteiger partial charge >= 0.3 is 0 Å². The minimum atomic E-state index is -0.0294. The van der Waals surface area contributed by atoms with E-state index in [2.05, 4.69) is 17.1 Å². The van der Waals surface area contributed by atoms with Crippen LogP contribution in [0.25, 0.3) is 0 Å². The van der Waals surface area contributed by atoms with Gasteiger partial charge < -0.3 is 20.7 Å². The van der Waals surface area contributed by atoms with Gasteiger partial charge in [-0.3, -0.25) is 4.79 Å². The van der Waals surface area contributed by atoms with Gasteiger partial charge in [0.2, 0.25) is 0 Å². The number of hydrogen-bond acceptors (Lipinski definition) is 4. The van der Waals surface area contributed by atoms with E-state index in [0.717, 1.165) is 24.4 Å². The van der Waals surface area contributed by atoms with E-state index in [0.29, 0.717) is 30.4 Å². The molecule has 2 heterocycles. The van der Waals surface area contributed by atoms with Gasteiger partial charge in [-0.25, -0.2) is 0 Å². The van der Waals surface area contributed by atoms with E-state index in [-0.39, 0.29) is 5.91 Å². The molecule has 0 spiro atoms. The van der Waals surface area contributed by atoms with Crippen molar-refractivity contribution in [3.63, 3.8) is 0 Å². The molecule has 0 bridgehead atoms. The maximum atomic E-state index is 11.6. The first kappa shape index (κ1) is 11.3. The maximum Gasteiger partial charge on any atom is 0.251 e. The van der Waals surface area contributed by atoms with Crippen LogP contribution in [0.2, 0.25) is 0 Å². The summed E-state index contributed by atoms with van der Waals surface area (Å²) in [7, 11) is 0. The third kappa shape index (κ3) is 1.71. The number of amides is 1. The summed E-state index contributed by atoms with van der Waals surface area (Å²) in [6, 6.07) is 4.13. The fourth-order valence-corrected chi connectivity index (χ4v) is 2.61. The highest BCUT2D eigenvalue weighted by Crippen LogP contribution is 2.31. The summed E-state index contributed by atoms with van der Waals surface area (Å²) in [5.41, 5.74) is 9.50. The van der Waals surface area contributed by atoms with E-state index in [1.54, 1.807) is 6.07 Å². The van der Waals surface area contributed by atoms with Crippen LogP contribution in [0.5, 0.6) is 0 Å². The summed E-state index contributed by atoms with van der Waals surface area (Å²) in [6.07, 6.45) is 0. The number of rotatable bonds is 1. The van der Waals surface area contributed by atoms with Crippen LogP contribution >= 0.6 is 0 Å². The molecule has 5 nitrogen and oxygen atoms in total. The Kier molecular flexibility index (Phi) is 2.63. The van der Waals surface area contributed by atoms with Crippen LogP contribution in [0.15, 0.2) is 12.1 Å². The molecule has 1 amide bonds. The van der Waals surface area contributed by atoms with E-state index in [1.807, 2.05) is 6.07 Å². The topological polar surface area (TPSA) is 67.6 Å². The Balaban J connectivity index is 2.00. The number of nitrogens with one attached hydrogen (secondary N) is 1. The lowest BCUT2D eigenvalue weighted by atomic mass is 10.1. The average molecular weight is 247 g/mol. The number of morpholine rings is 1. The number of carbonyl (C=O) groups excluding carboxylic acids is 1. The van der Waals surface area contributed by atoms with Gasteiger partial charge in [-0.05, 0) is 24.6 Å². The lowest BCUT2D eigenvalue weighted by Crippen LogP contribution is -2.44. The van der Waals surface area contributed by atoms with Crippen LogP contribution in [0, 0.1) is 0 Å². The zero-order chi connectivity index (χ0) is 12.7. The van der Waals surface area contributed by atoms with Crippen LogP contribution in [0.3, 0.4) is 0 Å². The van der Waals surface area contributed by atoms with Crippen molar-refractivity contribution in [1.82, 2.24) is 5.32 Å². The predicted molar refractivity (Wildman–Crippen MR) is 69.7 cm³/mol. The molecule has 2 aliphatic rings. The number of benzene rings is 1. The molecule has 0 aliphatic carbocycles. The number of ether oxygens (including phenoxy) is 1. The van der Waals surface area contributed by atoms with E-state index >= 15 is 0 Å². The number of anilines is 2. The monoisotopic (exact) mass is 247 g/mol. The summed E-state index contributed by atoms with van der Waals surface area (Å²) in [5.74, 6) is -0.0294. The number of hydrogen-bond donors (Lipinski definition) is 2. The van der Waals surface area contributed by atoms with Crippen LogP contribution < -0.4 is 16.0 Å². The first-order valence-electron chi connectivity index (χ1n) is 6.22. The lowest BCUT2D eigenvalue weighted by Gasteiger charge is -2.36. The zero-order valence-electron chi connectivity index (χ0n) is 10.4. The molecule has 2 aliphatic heterocycles. The fraction of sp³-hybridized carbons (Fsp3) is 0.462. The molecule has 1 aromatic rings. The summed E-state index contributed by atoms with van der Waals surface area (Å²) < 4.78 is 5.43. The largest absolute Gasteiger partial charge is 0.397 e. The second-order valence-corrected chi connectivity index (χ2v) is 4.87. The second kappa shape index (κ2) is 4.17. The Morgan fingerprint density at radius 2 is 2.33 bits per heavy atom. The molecule has 96 valence electrons. The summed E-state index contributed by atoms with van der Waals surface area (Å²) in [4.78, 5) is 13.8. The van der Waals surface area contributed by atoms with Crippen molar-refractivity contribution >= 4 is 17.3 Å². The van der Waals surface area contributed by atoms with Gasteiger partial charge in [-0.1, -0.05) is 0 Å². The first-order chi connectivity index (χ1) is 8.66. The van der Waals surface area contributed by atoms with E-state index in [4.69, 9.17) is 10.5 Å². The number of fused-ring (bicyclic) bond motifs is 1. The molecule has 1 unspecified atom stereocenters. The second-order valence-electron chi connectivity index (χ2n) is 4.87.